The molecule has 0 spiro atoms. The minimum absolute atomic E-state index is 0.215. The van der Waals surface area contributed by atoms with Gasteiger partial charge in [0, 0.05) is 11.6 Å². The Kier molecular flexibility index (Phi) is 5.26. The number of esters is 1. The minimum atomic E-state index is -0.509. The van der Waals surface area contributed by atoms with Crippen molar-refractivity contribution in [3.8, 4) is 5.75 Å². The van der Waals surface area contributed by atoms with Crippen molar-refractivity contribution >= 4 is 28.5 Å². The quantitative estimate of drug-likeness (QED) is 0.374. The van der Waals surface area contributed by atoms with Crippen LogP contribution >= 0.6 is 0 Å². The summed E-state index contributed by atoms with van der Waals surface area (Å²) in [5.41, 5.74) is 3.69. The summed E-state index contributed by atoms with van der Waals surface area (Å²) in [5, 5.41) is 3.83. The molecule has 0 saturated heterocycles. The van der Waals surface area contributed by atoms with Gasteiger partial charge >= 0.3 is 5.97 Å². The second-order valence-electron chi connectivity index (χ2n) is 7.04. The van der Waals surface area contributed by atoms with Crippen LogP contribution in [-0.4, -0.2) is 16.9 Å². The number of carbonyl (C=O) groups excluding carboxylic acids is 2. The Bertz CT molecular complexity index is 1260. The molecule has 0 bridgehead atoms. The molecule has 1 aromatic heterocycles. The molecule has 0 fully saturated rings. The molecule has 0 aliphatic heterocycles. The van der Waals surface area contributed by atoms with Gasteiger partial charge in [-0.05, 0) is 49.7 Å². The van der Waals surface area contributed by atoms with Crippen molar-refractivity contribution in [2.24, 2.45) is 0 Å². The molecule has 5 nitrogen and oxygen atoms in total. The van der Waals surface area contributed by atoms with E-state index in [1.165, 1.54) is 0 Å². The number of nitrogens with zero attached hydrogens (tertiary/aromatic N) is 1. The predicted octanol–water partition coefficient (Wildman–Crippen LogP) is 5.32. The first-order valence-corrected chi connectivity index (χ1v) is 9.56. The molecule has 1 amide bonds. The van der Waals surface area contributed by atoms with Gasteiger partial charge in [0.15, 0.2) is 0 Å². The first-order chi connectivity index (χ1) is 14.5. The normalized spacial score (nSPS) is 10.6. The maximum atomic E-state index is 13.1. The van der Waals surface area contributed by atoms with Crippen LogP contribution in [0, 0.1) is 13.8 Å². The summed E-state index contributed by atoms with van der Waals surface area (Å²) in [6.45, 7) is 3.71. The highest BCUT2D eigenvalue weighted by molar-refractivity contribution is 6.11. The van der Waals surface area contributed by atoms with E-state index in [2.05, 4.69) is 10.3 Å². The Morgan fingerprint density at radius 2 is 1.67 bits per heavy atom. The van der Waals surface area contributed by atoms with Crippen LogP contribution in [-0.2, 0) is 0 Å². The second-order valence-corrected chi connectivity index (χ2v) is 7.04. The van der Waals surface area contributed by atoms with Crippen LogP contribution < -0.4 is 10.1 Å². The Labute approximate surface area is 174 Å². The summed E-state index contributed by atoms with van der Waals surface area (Å²) < 4.78 is 5.60. The molecule has 4 aromatic rings. The number of amides is 1. The van der Waals surface area contributed by atoms with Crippen molar-refractivity contribution in [3.63, 3.8) is 0 Å². The topological polar surface area (TPSA) is 68.3 Å². The molecule has 0 aliphatic rings. The fourth-order valence-corrected chi connectivity index (χ4v) is 3.34. The molecule has 0 unspecified atom stereocenters. The van der Waals surface area contributed by atoms with Gasteiger partial charge in [0.05, 0.1) is 22.3 Å². The van der Waals surface area contributed by atoms with E-state index in [4.69, 9.17) is 4.74 Å². The summed E-state index contributed by atoms with van der Waals surface area (Å²) in [7, 11) is 0. The van der Waals surface area contributed by atoms with Gasteiger partial charge in [0.2, 0.25) is 0 Å². The van der Waals surface area contributed by atoms with Gasteiger partial charge in [-0.2, -0.15) is 0 Å². The zero-order valence-electron chi connectivity index (χ0n) is 16.7. The lowest BCUT2D eigenvalue weighted by Crippen LogP contribution is -2.17. The molecule has 3 aromatic carbocycles. The van der Waals surface area contributed by atoms with E-state index >= 15 is 0 Å². The molecular formula is C25H20N2O3. The lowest BCUT2D eigenvalue weighted by molar-refractivity contribution is 0.0732. The van der Waals surface area contributed by atoms with Crippen molar-refractivity contribution < 1.29 is 14.3 Å². The average molecular weight is 396 g/mol. The number of fused-ring (bicyclic) bond motifs is 1. The van der Waals surface area contributed by atoms with Crippen molar-refractivity contribution in [1.29, 1.82) is 0 Å². The van der Waals surface area contributed by atoms with Gasteiger partial charge in [-0.1, -0.05) is 48.0 Å². The van der Waals surface area contributed by atoms with Gasteiger partial charge in [-0.25, -0.2) is 4.79 Å². The highest BCUT2D eigenvalue weighted by Gasteiger charge is 2.19. The molecule has 148 valence electrons. The smallest absolute Gasteiger partial charge is 0.343 e. The fourth-order valence-electron chi connectivity index (χ4n) is 3.34. The summed E-state index contributed by atoms with van der Waals surface area (Å²) in [4.78, 5) is 30.1. The molecule has 30 heavy (non-hydrogen) atoms. The number of pyridine rings is 1. The molecule has 1 N–H and O–H groups in total. The number of hydrogen-bond donors (Lipinski definition) is 1. The predicted molar refractivity (Wildman–Crippen MR) is 117 cm³/mol. The fraction of sp³-hybridized carbons (Fsp3) is 0.0800. The zero-order chi connectivity index (χ0) is 21.1. The Morgan fingerprint density at radius 1 is 0.900 bits per heavy atom. The highest BCUT2D eigenvalue weighted by atomic mass is 16.5. The third-order valence-electron chi connectivity index (χ3n) is 4.80. The third kappa shape index (κ3) is 3.91. The summed E-state index contributed by atoms with van der Waals surface area (Å²) in [5.74, 6) is -0.657. The van der Waals surface area contributed by atoms with E-state index in [9.17, 15) is 9.59 Å². The van der Waals surface area contributed by atoms with E-state index in [1.54, 1.807) is 55.6 Å². The SMILES string of the molecule is Cc1cccc(C(=O)Oc2cccc(C)c2C(=O)Nc2cccc3cccnc23)c1. The monoisotopic (exact) mass is 396 g/mol. The first kappa shape index (κ1) is 19.3. The summed E-state index contributed by atoms with van der Waals surface area (Å²) >= 11 is 0. The average Bonchev–Trinajstić information content (AvgIpc) is 2.74. The number of aromatic nitrogens is 1. The number of hydrogen-bond acceptors (Lipinski definition) is 4. The summed E-state index contributed by atoms with van der Waals surface area (Å²) in [6.07, 6.45) is 1.68. The Balaban J connectivity index is 1.65. The van der Waals surface area contributed by atoms with Gasteiger partial charge in [-0.15, -0.1) is 0 Å². The van der Waals surface area contributed by atoms with Gasteiger partial charge in [0.25, 0.3) is 5.91 Å². The number of benzene rings is 3. The molecule has 0 radical (unpaired) electrons. The number of para-hydroxylation sites is 1. The van der Waals surface area contributed by atoms with Gasteiger partial charge < -0.3 is 10.1 Å². The number of ether oxygens (including phenoxy) is 1. The van der Waals surface area contributed by atoms with E-state index < -0.39 is 5.97 Å². The summed E-state index contributed by atoms with van der Waals surface area (Å²) in [6, 6.07) is 21.7. The largest absolute Gasteiger partial charge is 0.422 e. The molecule has 0 saturated carbocycles. The van der Waals surface area contributed by atoms with Gasteiger partial charge in [0.1, 0.15) is 5.75 Å². The number of anilines is 1. The van der Waals surface area contributed by atoms with E-state index in [0.717, 1.165) is 10.9 Å². The molecule has 1 heterocycles. The van der Waals surface area contributed by atoms with Crippen molar-refractivity contribution in [2.45, 2.75) is 13.8 Å². The Morgan fingerprint density at radius 3 is 2.50 bits per heavy atom. The van der Waals surface area contributed by atoms with Crippen molar-refractivity contribution in [1.82, 2.24) is 4.98 Å². The molecule has 4 rings (SSSR count). The molecule has 5 heteroatoms. The Hall–Kier alpha value is -3.99. The standard InChI is InChI=1S/C25H20N2O3/c1-16-7-3-10-19(15-16)25(29)30-21-13-4-8-17(2)22(21)24(28)27-20-12-5-9-18-11-6-14-26-23(18)20/h3-15H,1-2H3,(H,27,28). The van der Waals surface area contributed by atoms with Crippen molar-refractivity contribution in [3.05, 3.63) is 101 Å². The highest BCUT2D eigenvalue weighted by Crippen LogP contribution is 2.27. The van der Waals surface area contributed by atoms with Crippen LogP contribution in [0.25, 0.3) is 10.9 Å². The number of carbonyl (C=O) groups is 2. The third-order valence-corrected chi connectivity index (χ3v) is 4.80. The maximum absolute atomic E-state index is 13.1. The number of rotatable bonds is 4. The zero-order valence-corrected chi connectivity index (χ0v) is 16.7. The van der Waals surface area contributed by atoms with Crippen LogP contribution in [0.1, 0.15) is 31.8 Å². The van der Waals surface area contributed by atoms with Crippen LogP contribution in [0.3, 0.4) is 0 Å². The van der Waals surface area contributed by atoms with Crippen molar-refractivity contribution in [2.75, 3.05) is 5.32 Å². The molecular weight excluding hydrogens is 376 g/mol. The minimum Gasteiger partial charge on any atom is -0.422 e. The van der Waals surface area contributed by atoms with Crippen LogP contribution in [0.2, 0.25) is 0 Å². The van der Waals surface area contributed by atoms with Gasteiger partial charge in [-0.3, -0.25) is 9.78 Å². The maximum Gasteiger partial charge on any atom is 0.343 e. The molecule has 0 atom stereocenters. The number of nitrogens with one attached hydrogen (secondary N) is 1. The van der Waals surface area contributed by atoms with E-state index in [-0.39, 0.29) is 11.7 Å². The van der Waals surface area contributed by atoms with E-state index in [1.807, 2.05) is 37.3 Å². The lowest BCUT2D eigenvalue weighted by atomic mass is 10.1. The lowest BCUT2D eigenvalue weighted by Gasteiger charge is -2.14. The van der Waals surface area contributed by atoms with E-state index in [0.29, 0.717) is 27.9 Å². The second kappa shape index (κ2) is 8.17. The molecule has 0 aliphatic carbocycles. The van der Waals surface area contributed by atoms with Crippen LogP contribution in [0.5, 0.6) is 5.75 Å². The first-order valence-electron chi connectivity index (χ1n) is 9.56. The van der Waals surface area contributed by atoms with Crippen LogP contribution in [0.4, 0.5) is 5.69 Å². The van der Waals surface area contributed by atoms with Crippen LogP contribution in [0.15, 0.2) is 79.0 Å². The number of aryl methyl sites for hydroxylation is 2.